The summed E-state index contributed by atoms with van der Waals surface area (Å²) >= 11 is 5.78. The van der Waals surface area contributed by atoms with E-state index in [2.05, 4.69) is 15.0 Å². The molecule has 3 aromatic heterocycles. The van der Waals surface area contributed by atoms with Crippen LogP contribution in [0, 0.1) is 18.3 Å². The van der Waals surface area contributed by atoms with E-state index < -0.39 is 0 Å². The first-order chi connectivity index (χ1) is 11.6. The molecule has 24 heavy (non-hydrogen) atoms. The molecule has 0 radical (unpaired) electrons. The van der Waals surface area contributed by atoms with Gasteiger partial charge < -0.3 is 14.9 Å². The van der Waals surface area contributed by atoms with E-state index in [1.807, 2.05) is 25.1 Å². The number of halogens is 1. The highest BCUT2D eigenvalue weighted by Gasteiger charge is 2.19. The third-order valence-corrected chi connectivity index (χ3v) is 3.34. The maximum atomic E-state index is 9.45. The van der Waals surface area contributed by atoms with E-state index in [0.717, 1.165) is 5.56 Å². The molecular formula is C16H12ClN5O2. The van der Waals surface area contributed by atoms with Gasteiger partial charge in [0.05, 0.1) is 5.69 Å². The molecule has 0 saturated carbocycles. The second-order valence-corrected chi connectivity index (χ2v) is 5.31. The third-order valence-electron chi connectivity index (χ3n) is 3.14. The van der Waals surface area contributed by atoms with Crippen LogP contribution in [0.3, 0.4) is 0 Å². The SMILES string of the molecule is Cc1ccc(COc2nc(N)nc(-c3ccc(Cl)o3)c2C#N)nc1. The molecule has 0 spiro atoms. The van der Waals surface area contributed by atoms with Gasteiger partial charge in [0.2, 0.25) is 11.8 Å². The van der Waals surface area contributed by atoms with Crippen LogP contribution in [-0.2, 0) is 6.61 Å². The quantitative estimate of drug-likeness (QED) is 0.775. The smallest absolute Gasteiger partial charge is 0.237 e. The Labute approximate surface area is 142 Å². The van der Waals surface area contributed by atoms with Crippen molar-refractivity contribution in [3.63, 3.8) is 0 Å². The number of nitrogen functional groups attached to an aromatic ring is 1. The van der Waals surface area contributed by atoms with E-state index >= 15 is 0 Å². The summed E-state index contributed by atoms with van der Waals surface area (Å²) in [7, 11) is 0. The molecule has 7 nitrogen and oxygen atoms in total. The highest BCUT2D eigenvalue weighted by atomic mass is 35.5. The van der Waals surface area contributed by atoms with E-state index in [-0.39, 0.29) is 34.9 Å². The Morgan fingerprint density at radius 3 is 2.75 bits per heavy atom. The zero-order valence-corrected chi connectivity index (χ0v) is 13.4. The van der Waals surface area contributed by atoms with Crippen LogP contribution >= 0.6 is 11.6 Å². The molecule has 0 atom stereocenters. The van der Waals surface area contributed by atoms with Gasteiger partial charge >= 0.3 is 0 Å². The number of rotatable bonds is 4. The highest BCUT2D eigenvalue weighted by Crippen LogP contribution is 2.30. The van der Waals surface area contributed by atoms with Crippen molar-refractivity contribution >= 4 is 17.5 Å². The summed E-state index contributed by atoms with van der Waals surface area (Å²) in [5.41, 5.74) is 7.79. The zero-order chi connectivity index (χ0) is 17.1. The average molecular weight is 342 g/mol. The minimum Gasteiger partial charge on any atom is -0.470 e. The maximum Gasteiger partial charge on any atom is 0.237 e. The van der Waals surface area contributed by atoms with Crippen molar-refractivity contribution in [2.24, 2.45) is 0 Å². The van der Waals surface area contributed by atoms with Gasteiger partial charge in [-0.2, -0.15) is 10.2 Å². The largest absolute Gasteiger partial charge is 0.470 e. The van der Waals surface area contributed by atoms with Crippen LogP contribution in [0.4, 0.5) is 5.95 Å². The first-order valence-corrected chi connectivity index (χ1v) is 7.32. The lowest BCUT2D eigenvalue weighted by molar-refractivity contribution is 0.288. The fourth-order valence-electron chi connectivity index (χ4n) is 2.01. The third kappa shape index (κ3) is 3.29. The summed E-state index contributed by atoms with van der Waals surface area (Å²) in [6.07, 6.45) is 1.73. The number of anilines is 1. The minimum absolute atomic E-state index is 0.0385. The number of nitrogens with zero attached hydrogens (tertiary/aromatic N) is 4. The van der Waals surface area contributed by atoms with Crippen molar-refractivity contribution in [3.05, 3.63) is 52.5 Å². The summed E-state index contributed by atoms with van der Waals surface area (Å²) in [6, 6.07) is 8.91. The van der Waals surface area contributed by atoms with Crippen LogP contribution in [0.1, 0.15) is 16.8 Å². The molecular weight excluding hydrogens is 330 g/mol. The van der Waals surface area contributed by atoms with Crippen LogP contribution in [0.25, 0.3) is 11.5 Å². The van der Waals surface area contributed by atoms with Crippen molar-refractivity contribution in [3.8, 4) is 23.4 Å². The number of nitriles is 1. The maximum absolute atomic E-state index is 9.45. The van der Waals surface area contributed by atoms with Gasteiger partial charge in [-0.3, -0.25) is 4.98 Å². The number of furan rings is 1. The highest BCUT2D eigenvalue weighted by molar-refractivity contribution is 6.29. The Balaban J connectivity index is 1.94. The summed E-state index contributed by atoms with van der Waals surface area (Å²) in [5, 5.41) is 9.63. The standard InChI is InChI=1S/C16H12ClN5O2/c1-9-2-3-10(20-7-9)8-23-15-11(6-18)14(21-16(19)22-15)12-4-5-13(17)24-12/h2-5,7H,8H2,1H3,(H2,19,21,22). The molecule has 0 bridgehead atoms. The van der Waals surface area contributed by atoms with E-state index in [0.29, 0.717) is 11.5 Å². The van der Waals surface area contributed by atoms with Gasteiger partial charge in [0.25, 0.3) is 0 Å². The molecule has 0 saturated heterocycles. The van der Waals surface area contributed by atoms with Gasteiger partial charge in [-0.1, -0.05) is 6.07 Å². The second kappa shape index (κ2) is 6.56. The normalized spacial score (nSPS) is 10.4. The number of nitrogens with two attached hydrogens (primary N) is 1. The molecule has 0 amide bonds. The molecule has 0 aromatic carbocycles. The first-order valence-electron chi connectivity index (χ1n) is 6.94. The van der Waals surface area contributed by atoms with E-state index in [1.165, 1.54) is 0 Å². The predicted molar refractivity (Wildman–Crippen MR) is 87.2 cm³/mol. The Hall–Kier alpha value is -3.11. The van der Waals surface area contributed by atoms with Gasteiger partial charge in [-0.25, -0.2) is 4.98 Å². The van der Waals surface area contributed by atoms with E-state index in [9.17, 15) is 5.26 Å². The zero-order valence-electron chi connectivity index (χ0n) is 12.7. The van der Waals surface area contributed by atoms with Gasteiger partial charge in [-0.15, -0.1) is 0 Å². The molecule has 0 aliphatic heterocycles. The molecule has 120 valence electrons. The van der Waals surface area contributed by atoms with Gasteiger partial charge in [-0.05, 0) is 42.3 Å². The minimum atomic E-state index is -0.0385. The summed E-state index contributed by atoms with van der Waals surface area (Å²) in [6.45, 7) is 2.08. The van der Waals surface area contributed by atoms with E-state index in [1.54, 1.807) is 18.3 Å². The van der Waals surface area contributed by atoms with Crippen molar-refractivity contribution in [2.45, 2.75) is 13.5 Å². The number of ether oxygens (including phenoxy) is 1. The first kappa shape index (κ1) is 15.8. The number of hydrogen-bond donors (Lipinski definition) is 1. The van der Waals surface area contributed by atoms with Crippen molar-refractivity contribution in [1.29, 1.82) is 5.26 Å². The molecule has 8 heteroatoms. The van der Waals surface area contributed by atoms with Gasteiger partial charge in [0, 0.05) is 6.20 Å². The lowest BCUT2D eigenvalue weighted by Crippen LogP contribution is -2.06. The van der Waals surface area contributed by atoms with Crippen LogP contribution in [0.5, 0.6) is 5.88 Å². The Kier molecular flexibility index (Phi) is 4.31. The molecule has 3 heterocycles. The molecule has 2 N–H and O–H groups in total. The Bertz CT molecular complexity index is 915. The van der Waals surface area contributed by atoms with Crippen LogP contribution in [-0.4, -0.2) is 15.0 Å². The lowest BCUT2D eigenvalue weighted by Gasteiger charge is -2.09. The topological polar surface area (TPSA) is 111 Å². The van der Waals surface area contributed by atoms with Crippen LogP contribution in [0.2, 0.25) is 5.22 Å². The lowest BCUT2D eigenvalue weighted by atomic mass is 10.2. The molecule has 0 aliphatic carbocycles. The van der Waals surface area contributed by atoms with Gasteiger partial charge in [0.15, 0.2) is 11.0 Å². The second-order valence-electron chi connectivity index (χ2n) is 4.94. The Morgan fingerprint density at radius 1 is 1.29 bits per heavy atom. The summed E-state index contributed by atoms with van der Waals surface area (Å²) in [4.78, 5) is 12.3. The van der Waals surface area contributed by atoms with Crippen LogP contribution in [0.15, 0.2) is 34.9 Å². The van der Waals surface area contributed by atoms with Gasteiger partial charge in [0.1, 0.15) is 23.9 Å². The molecule has 0 unspecified atom stereocenters. The predicted octanol–water partition coefficient (Wildman–Crippen LogP) is 3.13. The van der Waals surface area contributed by atoms with Crippen molar-refractivity contribution in [2.75, 3.05) is 5.73 Å². The summed E-state index contributed by atoms with van der Waals surface area (Å²) < 4.78 is 10.9. The Morgan fingerprint density at radius 2 is 2.12 bits per heavy atom. The molecule has 3 rings (SSSR count). The number of pyridine rings is 1. The van der Waals surface area contributed by atoms with Crippen molar-refractivity contribution in [1.82, 2.24) is 15.0 Å². The fourth-order valence-corrected chi connectivity index (χ4v) is 2.15. The molecule has 0 fully saturated rings. The fraction of sp³-hybridized carbons (Fsp3) is 0.125. The van der Waals surface area contributed by atoms with Crippen molar-refractivity contribution < 1.29 is 9.15 Å². The number of hydrogen-bond acceptors (Lipinski definition) is 7. The molecule has 0 aliphatic rings. The summed E-state index contributed by atoms with van der Waals surface area (Å²) in [5.74, 6) is 0.335. The number of aryl methyl sites for hydroxylation is 1. The average Bonchev–Trinajstić information content (AvgIpc) is 3.00. The van der Waals surface area contributed by atoms with E-state index in [4.69, 9.17) is 26.5 Å². The molecule has 3 aromatic rings. The monoisotopic (exact) mass is 341 g/mol. The number of aromatic nitrogens is 3. The van der Waals surface area contributed by atoms with Crippen LogP contribution < -0.4 is 10.5 Å².